The molecule has 0 spiro atoms. The van der Waals surface area contributed by atoms with Crippen LogP contribution in [0, 0.1) is 11.7 Å². The largest absolute Gasteiger partial charge is 0.376 e. The van der Waals surface area contributed by atoms with Crippen molar-refractivity contribution in [2.24, 2.45) is 5.92 Å². The van der Waals surface area contributed by atoms with Gasteiger partial charge in [0.2, 0.25) is 0 Å². The van der Waals surface area contributed by atoms with Crippen LogP contribution in [-0.2, 0) is 11.3 Å². The van der Waals surface area contributed by atoms with Gasteiger partial charge in [-0.15, -0.1) is 0 Å². The fraction of sp³-hybridized carbons (Fsp3) is 0.407. The molecule has 1 aliphatic heterocycles. The van der Waals surface area contributed by atoms with Gasteiger partial charge in [-0.3, -0.25) is 19.0 Å². The van der Waals surface area contributed by atoms with Crippen LogP contribution in [0.2, 0.25) is 0 Å². The number of fused-ring (bicyclic) bond motifs is 1. The lowest BCUT2D eigenvalue weighted by atomic mass is 10.1. The number of ether oxygens (including phenoxy) is 1. The second-order valence-electron chi connectivity index (χ2n) is 9.33. The highest BCUT2D eigenvalue weighted by Crippen LogP contribution is 2.21. The molecule has 3 aromatic rings. The average Bonchev–Trinajstić information content (AvgIpc) is 3.39. The van der Waals surface area contributed by atoms with E-state index in [1.165, 1.54) is 36.0 Å². The Bertz CT molecular complexity index is 1300. The van der Waals surface area contributed by atoms with Crippen LogP contribution in [-0.4, -0.2) is 46.2 Å². The lowest BCUT2D eigenvalue weighted by Gasteiger charge is -2.15. The minimum absolute atomic E-state index is 0.0299. The van der Waals surface area contributed by atoms with E-state index in [4.69, 9.17) is 4.74 Å². The van der Waals surface area contributed by atoms with Gasteiger partial charge in [-0.2, -0.15) is 0 Å². The molecule has 2 heterocycles. The number of carbonyl (C=O) groups is 2. The molecule has 1 N–H and O–H groups in total. The number of nitrogens with zero attached hydrogens (tertiary/aromatic N) is 2. The van der Waals surface area contributed by atoms with E-state index >= 15 is 0 Å². The van der Waals surface area contributed by atoms with Crippen molar-refractivity contribution in [3.05, 3.63) is 69.8 Å². The monoisotopic (exact) mass is 511 g/mol. The summed E-state index contributed by atoms with van der Waals surface area (Å²) in [4.78, 5) is 43.4. The van der Waals surface area contributed by atoms with Crippen LogP contribution in [0.3, 0.4) is 0 Å². The Morgan fingerprint density at radius 3 is 2.64 bits per heavy atom. The summed E-state index contributed by atoms with van der Waals surface area (Å²) in [7, 11) is 0. The Morgan fingerprint density at radius 2 is 1.94 bits per heavy atom. The molecule has 0 aliphatic carbocycles. The first kappa shape index (κ1) is 26.0. The Morgan fingerprint density at radius 1 is 1.19 bits per heavy atom. The predicted octanol–water partition coefficient (Wildman–Crippen LogP) is 4.47. The number of carbonyl (C=O) groups excluding carboxylic acids is 2. The number of rotatable bonds is 10. The number of hydrogen-bond donors (Lipinski definition) is 1. The molecule has 190 valence electrons. The van der Waals surface area contributed by atoms with Gasteiger partial charge >= 0.3 is 0 Å². The number of ketones is 1. The number of nitrogens with one attached hydrogen (secondary N) is 1. The van der Waals surface area contributed by atoms with Crippen molar-refractivity contribution in [3.63, 3.8) is 0 Å². The Labute approximate surface area is 213 Å². The molecule has 1 amide bonds. The van der Waals surface area contributed by atoms with Gasteiger partial charge in [-0.25, -0.2) is 9.37 Å². The van der Waals surface area contributed by atoms with Crippen molar-refractivity contribution in [2.75, 3.05) is 18.9 Å². The van der Waals surface area contributed by atoms with Crippen molar-refractivity contribution in [1.82, 2.24) is 14.9 Å². The quantitative estimate of drug-likeness (QED) is 0.246. The first-order valence-corrected chi connectivity index (χ1v) is 13.2. The summed E-state index contributed by atoms with van der Waals surface area (Å²) < 4.78 is 20.4. The van der Waals surface area contributed by atoms with Crippen LogP contribution >= 0.6 is 11.8 Å². The molecule has 0 radical (unpaired) electrons. The van der Waals surface area contributed by atoms with Gasteiger partial charge in [0.25, 0.3) is 11.5 Å². The molecular formula is C27H30FN3O4S. The highest BCUT2D eigenvalue weighted by molar-refractivity contribution is 7.99. The fourth-order valence-corrected chi connectivity index (χ4v) is 4.92. The third-order valence-electron chi connectivity index (χ3n) is 6.13. The number of benzene rings is 2. The van der Waals surface area contributed by atoms with Gasteiger partial charge in [0.15, 0.2) is 10.9 Å². The minimum atomic E-state index is -0.409. The Balaban J connectivity index is 1.59. The molecule has 0 unspecified atom stereocenters. The molecule has 1 saturated heterocycles. The van der Waals surface area contributed by atoms with Gasteiger partial charge in [0.05, 0.1) is 22.8 Å². The van der Waals surface area contributed by atoms with E-state index in [-0.39, 0.29) is 29.1 Å². The SMILES string of the molecule is CC(C)CCn1c(SCC(=O)c2ccc(F)cc2)nc2cc(C(=O)NC[C@@H]3CCCO3)ccc2c1=O. The third kappa shape index (κ3) is 6.39. The van der Waals surface area contributed by atoms with Crippen LogP contribution in [0.5, 0.6) is 0 Å². The molecule has 9 heteroatoms. The summed E-state index contributed by atoms with van der Waals surface area (Å²) in [5.41, 5.74) is 1.00. The van der Waals surface area contributed by atoms with Gasteiger partial charge in [0, 0.05) is 30.8 Å². The summed E-state index contributed by atoms with van der Waals surface area (Å²) in [5, 5.41) is 3.73. The average molecular weight is 512 g/mol. The van der Waals surface area contributed by atoms with Crippen molar-refractivity contribution in [1.29, 1.82) is 0 Å². The number of hydrogen-bond acceptors (Lipinski definition) is 6. The number of aromatic nitrogens is 2. The fourth-order valence-electron chi connectivity index (χ4n) is 4.00. The van der Waals surface area contributed by atoms with E-state index in [1.54, 1.807) is 22.8 Å². The lowest BCUT2D eigenvalue weighted by molar-refractivity contribution is 0.0857. The van der Waals surface area contributed by atoms with E-state index < -0.39 is 5.82 Å². The molecule has 1 atom stereocenters. The van der Waals surface area contributed by atoms with Crippen molar-refractivity contribution < 1.29 is 18.7 Å². The number of thioether (sulfide) groups is 1. The Kier molecular flexibility index (Phi) is 8.53. The topological polar surface area (TPSA) is 90.3 Å². The van der Waals surface area contributed by atoms with Gasteiger partial charge in [-0.05, 0) is 67.6 Å². The second-order valence-corrected chi connectivity index (χ2v) is 10.3. The molecule has 1 aliphatic rings. The third-order valence-corrected chi connectivity index (χ3v) is 7.10. The summed E-state index contributed by atoms with van der Waals surface area (Å²) in [6, 6.07) is 10.3. The van der Waals surface area contributed by atoms with Crippen molar-refractivity contribution in [2.45, 2.75) is 50.9 Å². The summed E-state index contributed by atoms with van der Waals surface area (Å²) in [6.07, 6.45) is 2.72. The van der Waals surface area contributed by atoms with Crippen LogP contribution in [0.15, 0.2) is 52.4 Å². The molecule has 36 heavy (non-hydrogen) atoms. The van der Waals surface area contributed by atoms with E-state index in [0.717, 1.165) is 19.3 Å². The molecule has 1 fully saturated rings. The van der Waals surface area contributed by atoms with Crippen LogP contribution in [0.1, 0.15) is 53.8 Å². The van der Waals surface area contributed by atoms with Crippen LogP contribution in [0.25, 0.3) is 10.9 Å². The first-order chi connectivity index (χ1) is 17.3. The zero-order chi connectivity index (χ0) is 25.7. The smallest absolute Gasteiger partial charge is 0.262 e. The molecule has 0 bridgehead atoms. The summed E-state index contributed by atoms with van der Waals surface area (Å²) >= 11 is 1.17. The van der Waals surface area contributed by atoms with Gasteiger partial charge in [0.1, 0.15) is 5.82 Å². The van der Waals surface area contributed by atoms with E-state index in [9.17, 15) is 18.8 Å². The normalized spacial score (nSPS) is 15.5. The zero-order valence-electron chi connectivity index (χ0n) is 20.5. The number of amides is 1. The number of halogens is 1. The maximum absolute atomic E-state index is 13.4. The van der Waals surface area contributed by atoms with Crippen LogP contribution in [0.4, 0.5) is 4.39 Å². The summed E-state index contributed by atoms with van der Waals surface area (Å²) in [5.74, 6) is -0.423. The predicted molar refractivity (Wildman–Crippen MR) is 138 cm³/mol. The van der Waals surface area contributed by atoms with E-state index in [2.05, 4.69) is 24.1 Å². The Hall–Kier alpha value is -3.04. The molecule has 1 aromatic heterocycles. The van der Waals surface area contributed by atoms with Crippen molar-refractivity contribution in [3.8, 4) is 0 Å². The lowest BCUT2D eigenvalue weighted by Crippen LogP contribution is -2.31. The van der Waals surface area contributed by atoms with Crippen molar-refractivity contribution >= 4 is 34.4 Å². The minimum Gasteiger partial charge on any atom is -0.376 e. The molecule has 2 aromatic carbocycles. The maximum atomic E-state index is 13.4. The molecule has 7 nitrogen and oxygen atoms in total. The highest BCUT2D eigenvalue weighted by atomic mass is 32.2. The molecule has 4 rings (SSSR count). The maximum Gasteiger partial charge on any atom is 0.262 e. The van der Waals surface area contributed by atoms with E-state index in [1.807, 2.05) is 0 Å². The standard InChI is InChI=1S/C27H30FN3O4S/c1-17(2)11-12-31-26(34)22-10-7-19(25(33)29-15-21-4-3-13-35-21)14-23(22)30-27(31)36-16-24(32)18-5-8-20(28)9-6-18/h5-10,14,17,21H,3-4,11-13,15-16H2,1-2H3,(H,29,33)/t21-/m0/s1. The summed E-state index contributed by atoms with van der Waals surface area (Å²) in [6.45, 7) is 5.77. The first-order valence-electron chi connectivity index (χ1n) is 12.2. The van der Waals surface area contributed by atoms with Gasteiger partial charge in [-0.1, -0.05) is 25.6 Å². The van der Waals surface area contributed by atoms with Crippen LogP contribution < -0.4 is 10.9 Å². The molecule has 0 saturated carbocycles. The highest BCUT2D eigenvalue weighted by Gasteiger charge is 2.19. The second kappa shape index (κ2) is 11.8. The molecular weight excluding hydrogens is 481 g/mol. The number of Topliss-reactive ketones (excluding diaryl/α,β-unsaturated/α-hetero) is 1. The zero-order valence-corrected chi connectivity index (χ0v) is 21.3. The van der Waals surface area contributed by atoms with Gasteiger partial charge < -0.3 is 10.1 Å². The van der Waals surface area contributed by atoms with E-state index in [0.29, 0.717) is 52.8 Å².